The maximum atomic E-state index is 13.0. The molecule has 0 aliphatic carbocycles. The fraction of sp³-hybridized carbons (Fsp3) is 0.864. The van der Waals surface area contributed by atoms with Gasteiger partial charge in [0.2, 0.25) is 0 Å². The van der Waals surface area contributed by atoms with E-state index < -0.39 is 68.7 Å². The van der Waals surface area contributed by atoms with Crippen LogP contribution in [0.15, 0.2) is 27.0 Å². The number of carbonyl (C=O) groups excluding carboxylic acids is 2. The molecule has 2 N–H and O–H groups in total. The molecule has 0 saturated carbocycles. The van der Waals surface area contributed by atoms with Crippen molar-refractivity contribution in [3.05, 3.63) is 43.5 Å². The van der Waals surface area contributed by atoms with Crippen molar-refractivity contribution in [3.63, 3.8) is 0 Å². The number of rotatable bonds is 39. The molecule has 0 radical (unpaired) electrons. The van der Waals surface area contributed by atoms with Crippen LogP contribution in [0.3, 0.4) is 0 Å². The minimum absolute atomic E-state index is 0.0303. The first-order valence-corrected chi connectivity index (χ1v) is 25.1. The van der Waals surface area contributed by atoms with E-state index in [1.165, 1.54) is 122 Å². The van der Waals surface area contributed by atoms with Crippen molar-refractivity contribution >= 4 is 19.8 Å². The summed E-state index contributed by atoms with van der Waals surface area (Å²) in [5.74, 6) is -0.985. The molecule has 1 fully saturated rings. The standard InChI is InChI=1S/C44H78N5O11P/c1-3-5-7-9-11-13-15-17-19-21-23-25-27-29-42(51)56-34-37(59-43(52)30-28-26-24-22-20-18-16-14-12-10-8-6-4-2)35-57-61(54,55)58-36-39-38(47-48-45)33-41(60-39)49-32-31-40(50)46-44(49)53/h31-32,37-39,41H,3-30,33-36H2,1-2H3,(H,54,55)(H,46,50,53)/t37?,38-,39+,41+/m0/s1. The third-order valence-corrected chi connectivity index (χ3v) is 12.0. The van der Waals surface area contributed by atoms with E-state index in [1.807, 2.05) is 0 Å². The number of aromatic nitrogens is 2. The van der Waals surface area contributed by atoms with Gasteiger partial charge in [-0.3, -0.25) is 33.0 Å². The highest BCUT2D eigenvalue weighted by atomic mass is 31.2. The Morgan fingerprint density at radius 2 is 1.26 bits per heavy atom. The van der Waals surface area contributed by atoms with Crippen LogP contribution in [0.25, 0.3) is 10.4 Å². The number of carbonyl (C=O) groups is 2. The lowest BCUT2D eigenvalue weighted by atomic mass is 10.0. The molecule has 2 rings (SSSR count). The maximum absolute atomic E-state index is 13.0. The highest BCUT2D eigenvalue weighted by Gasteiger charge is 2.38. The summed E-state index contributed by atoms with van der Waals surface area (Å²) in [7, 11) is -4.80. The molecule has 1 aliphatic heterocycles. The molecule has 61 heavy (non-hydrogen) atoms. The van der Waals surface area contributed by atoms with Crippen molar-refractivity contribution in [2.24, 2.45) is 5.11 Å². The zero-order valence-electron chi connectivity index (χ0n) is 37.4. The Bertz CT molecular complexity index is 1540. The Morgan fingerprint density at radius 3 is 1.74 bits per heavy atom. The van der Waals surface area contributed by atoms with E-state index in [1.54, 1.807) is 0 Å². The molecule has 1 aromatic rings. The molecule has 0 spiro atoms. The Labute approximate surface area is 363 Å². The van der Waals surface area contributed by atoms with E-state index in [-0.39, 0.29) is 25.9 Å². The van der Waals surface area contributed by atoms with Gasteiger partial charge < -0.3 is 19.1 Å². The van der Waals surface area contributed by atoms with Gasteiger partial charge in [0.25, 0.3) is 5.56 Å². The Balaban J connectivity index is 1.80. The molecule has 0 amide bonds. The number of aromatic amines is 1. The third kappa shape index (κ3) is 26.9. The fourth-order valence-corrected chi connectivity index (χ4v) is 8.22. The molecule has 1 saturated heterocycles. The number of nitrogens with one attached hydrogen (secondary N) is 1. The van der Waals surface area contributed by atoms with Crippen LogP contribution in [0.2, 0.25) is 0 Å². The smallest absolute Gasteiger partial charge is 0.462 e. The minimum atomic E-state index is -4.80. The number of hydrogen-bond donors (Lipinski definition) is 2. The third-order valence-electron chi connectivity index (χ3n) is 11.1. The quantitative estimate of drug-likeness (QED) is 0.0158. The highest BCUT2D eigenvalue weighted by Crippen LogP contribution is 2.45. The molecular weight excluding hydrogens is 805 g/mol. The summed E-state index contributed by atoms with van der Waals surface area (Å²) >= 11 is 0. The lowest BCUT2D eigenvalue weighted by Gasteiger charge is -2.21. The minimum Gasteiger partial charge on any atom is -0.462 e. The molecule has 16 nitrogen and oxygen atoms in total. The van der Waals surface area contributed by atoms with Crippen LogP contribution in [0.5, 0.6) is 0 Å². The van der Waals surface area contributed by atoms with Gasteiger partial charge in [0, 0.05) is 36.4 Å². The van der Waals surface area contributed by atoms with Gasteiger partial charge in [-0.15, -0.1) is 0 Å². The molecule has 0 bridgehead atoms. The molecule has 350 valence electrons. The van der Waals surface area contributed by atoms with Crippen LogP contribution in [-0.2, 0) is 37.4 Å². The molecule has 5 atom stereocenters. The zero-order chi connectivity index (χ0) is 44.4. The summed E-state index contributed by atoms with van der Waals surface area (Å²) in [6.45, 7) is 2.96. The van der Waals surface area contributed by atoms with Crippen molar-refractivity contribution in [1.82, 2.24) is 9.55 Å². The van der Waals surface area contributed by atoms with Crippen LogP contribution in [-0.4, -0.2) is 64.5 Å². The second-order valence-electron chi connectivity index (χ2n) is 16.5. The van der Waals surface area contributed by atoms with E-state index in [0.717, 1.165) is 49.2 Å². The number of nitrogens with zero attached hydrogens (tertiary/aromatic N) is 4. The predicted octanol–water partition coefficient (Wildman–Crippen LogP) is 11.1. The fourth-order valence-electron chi connectivity index (χ4n) is 7.45. The summed E-state index contributed by atoms with van der Waals surface area (Å²) in [5, 5.41) is 3.67. The van der Waals surface area contributed by atoms with E-state index in [9.17, 15) is 28.6 Å². The van der Waals surface area contributed by atoms with Crippen molar-refractivity contribution < 1.29 is 42.3 Å². The van der Waals surface area contributed by atoms with Gasteiger partial charge in [0.15, 0.2) is 6.10 Å². The number of azide groups is 1. The highest BCUT2D eigenvalue weighted by molar-refractivity contribution is 7.47. The monoisotopic (exact) mass is 884 g/mol. The first-order valence-electron chi connectivity index (χ1n) is 23.6. The number of hydrogen-bond acceptors (Lipinski definition) is 11. The largest absolute Gasteiger partial charge is 0.472 e. The second-order valence-corrected chi connectivity index (χ2v) is 17.9. The first-order chi connectivity index (χ1) is 29.6. The summed E-state index contributed by atoms with van der Waals surface area (Å²) in [4.78, 5) is 64.7. The summed E-state index contributed by atoms with van der Waals surface area (Å²) < 4.78 is 41.2. The number of phosphoric acid groups is 1. The van der Waals surface area contributed by atoms with Gasteiger partial charge in [-0.05, 0) is 18.4 Å². The number of esters is 2. The maximum Gasteiger partial charge on any atom is 0.472 e. The summed E-state index contributed by atoms with van der Waals surface area (Å²) in [6.07, 6.45) is 29.0. The lowest BCUT2D eigenvalue weighted by Crippen LogP contribution is -2.32. The normalized spacial score (nSPS) is 17.7. The van der Waals surface area contributed by atoms with Crippen LogP contribution < -0.4 is 11.2 Å². The van der Waals surface area contributed by atoms with Gasteiger partial charge in [-0.25, -0.2) is 9.36 Å². The number of H-pyrrole nitrogens is 1. The predicted molar refractivity (Wildman–Crippen MR) is 236 cm³/mol. The lowest BCUT2D eigenvalue weighted by molar-refractivity contribution is -0.161. The molecule has 0 aromatic carbocycles. The Hall–Kier alpha value is -3.00. The molecule has 1 aliphatic rings. The van der Waals surface area contributed by atoms with Crippen molar-refractivity contribution in [3.8, 4) is 0 Å². The van der Waals surface area contributed by atoms with Crippen molar-refractivity contribution in [2.75, 3.05) is 19.8 Å². The van der Waals surface area contributed by atoms with E-state index in [0.29, 0.717) is 12.8 Å². The van der Waals surface area contributed by atoms with Gasteiger partial charge in [0.1, 0.15) is 12.8 Å². The molecule has 2 heterocycles. The average Bonchev–Trinajstić information content (AvgIpc) is 3.63. The van der Waals surface area contributed by atoms with Gasteiger partial charge in [-0.1, -0.05) is 173 Å². The van der Waals surface area contributed by atoms with E-state index in [4.69, 9.17) is 28.8 Å². The second kappa shape index (κ2) is 34.5. The van der Waals surface area contributed by atoms with Crippen LogP contribution in [0, 0.1) is 0 Å². The average molecular weight is 884 g/mol. The van der Waals surface area contributed by atoms with Crippen LogP contribution in [0.4, 0.5) is 0 Å². The van der Waals surface area contributed by atoms with E-state index >= 15 is 0 Å². The number of ether oxygens (including phenoxy) is 3. The molecule has 1 aromatic heterocycles. The molecule has 2 unspecified atom stereocenters. The van der Waals surface area contributed by atoms with Gasteiger partial charge in [-0.2, -0.15) is 0 Å². The molecule has 17 heteroatoms. The van der Waals surface area contributed by atoms with Crippen LogP contribution >= 0.6 is 7.82 Å². The van der Waals surface area contributed by atoms with Crippen molar-refractivity contribution in [2.45, 2.75) is 225 Å². The van der Waals surface area contributed by atoms with E-state index in [2.05, 4.69) is 28.9 Å². The van der Waals surface area contributed by atoms with Gasteiger partial charge >= 0.3 is 25.5 Å². The summed E-state index contributed by atoms with van der Waals surface area (Å²) in [5.41, 5.74) is 7.72. The molecular formula is C44H78N5O11P. The SMILES string of the molecule is CCCCCCCCCCCCCCCC(=O)OCC(COP(=O)(O)OC[C@H]1O[C@@H](n2ccc(=O)[nH]c2=O)C[C@@H]1N=[N+]=[N-])OC(=O)CCCCCCCCCCCCCCC. The van der Waals surface area contributed by atoms with Crippen molar-refractivity contribution in [1.29, 1.82) is 0 Å². The zero-order valence-corrected chi connectivity index (χ0v) is 38.3. The van der Waals surface area contributed by atoms with Gasteiger partial charge in [0.05, 0.1) is 25.4 Å². The Morgan fingerprint density at radius 1 is 0.787 bits per heavy atom. The number of unbranched alkanes of at least 4 members (excludes halogenated alkanes) is 24. The summed E-state index contributed by atoms with van der Waals surface area (Å²) in [6, 6.07) is 0.259. The Kier molecular flexibility index (Phi) is 30.6. The topological polar surface area (TPSA) is 221 Å². The number of phosphoric ester groups is 1. The first kappa shape index (κ1) is 54.1. The van der Waals surface area contributed by atoms with Crippen LogP contribution in [0.1, 0.15) is 206 Å².